The molecule has 0 radical (unpaired) electrons. The second-order valence-electron chi connectivity index (χ2n) is 4.27. The van der Waals surface area contributed by atoms with Gasteiger partial charge in [0.05, 0.1) is 0 Å². The van der Waals surface area contributed by atoms with Crippen molar-refractivity contribution in [3.63, 3.8) is 0 Å². The van der Waals surface area contributed by atoms with Crippen molar-refractivity contribution < 1.29 is 13.2 Å². The van der Waals surface area contributed by atoms with E-state index in [-0.39, 0.29) is 0 Å². The first-order chi connectivity index (χ1) is 7.30. The number of rotatable bonds is 2. The van der Waals surface area contributed by atoms with Crippen LogP contribution in [-0.4, -0.2) is 17.8 Å². The maximum atomic E-state index is 12.4. The van der Waals surface area contributed by atoms with Crippen LogP contribution >= 0.6 is 0 Å². The zero-order chi connectivity index (χ0) is 12.0. The van der Waals surface area contributed by atoms with Crippen LogP contribution in [0.4, 0.5) is 13.2 Å². The molecular weight excluding hydrogens is 221 g/mol. The highest BCUT2D eigenvalue weighted by Crippen LogP contribution is 2.37. The third-order valence-electron chi connectivity index (χ3n) is 2.66. The van der Waals surface area contributed by atoms with Gasteiger partial charge in [-0.25, -0.2) is 4.99 Å². The largest absolute Gasteiger partial charge is 0.421 e. The molecular formula is C9H13F3N4. The average Bonchev–Trinajstić information content (AvgIpc) is 2.84. The molecule has 1 aliphatic carbocycles. The Morgan fingerprint density at radius 3 is 2.56 bits per heavy atom. The summed E-state index contributed by atoms with van der Waals surface area (Å²) in [7, 11) is 0. The molecule has 1 heterocycles. The minimum absolute atomic E-state index is 0.440. The highest BCUT2D eigenvalue weighted by atomic mass is 19.4. The Hall–Kier alpha value is -1.24. The fourth-order valence-electron chi connectivity index (χ4n) is 1.67. The smallest absolute Gasteiger partial charge is 0.383 e. The number of hydrogen-bond donors (Lipinski definition) is 3. The Bertz CT molecular complexity index is 356. The highest BCUT2D eigenvalue weighted by Gasteiger charge is 2.42. The number of amidine groups is 1. The van der Waals surface area contributed by atoms with Gasteiger partial charge in [0, 0.05) is 12.6 Å². The molecule has 0 aromatic carbocycles. The Balaban J connectivity index is 2.13. The van der Waals surface area contributed by atoms with Crippen LogP contribution in [0.5, 0.6) is 0 Å². The summed E-state index contributed by atoms with van der Waals surface area (Å²) in [5.74, 6) is -1.29. The van der Waals surface area contributed by atoms with Gasteiger partial charge in [0.25, 0.3) is 0 Å². The number of nitrogens with two attached hydrogens (primary N) is 2. The molecule has 1 aliphatic heterocycles. The molecule has 0 aromatic heterocycles. The number of nitrogens with one attached hydrogen (secondary N) is 1. The standard InChI is InChI=1S/C9H13F3N4/c10-9(11,12)6-4-15-8(14,16-7(6)13)3-5-1-2-5/h4-5,15H,1-3,14H2,(H2,13,16). The van der Waals surface area contributed by atoms with Crippen molar-refractivity contribution in [3.05, 3.63) is 11.8 Å². The van der Waals surface area contributed by atoms with E-state index in [4.69, 9.17) is 11.5 Å². The molecule has 1 atom stereocenters. The van der Waals surface area contributed by atoms with E-state index >= 15 is 0 Å². The summed E-state index contributed by atoms with van der Waals surface area (Å²) in [4.78, 5) is 3.72. The lowest BCUT2D eigenvalue weighted by molar-refractivity contribution is -0.0870. The van der Waals surface area contributed by atoms with E-state index < -0.39 is 23.4 Å². The summed E-state index contributed by atoms with van der Waals surface area (Å²) in [5, 5.41) is 2.48. The molecule has 4 nitrogen and oxygen atoms in total. The van der Waals surface area contributed by atoms with Crippen LogP contribution in [0.3, 0.4) is 0 Å². The van der Waals surface area contributed by atoms with E-state index in [1.165, 1.54) is 0 Å². The fraction of sp³-hybridized carbons (Fsp3) is 0.667. The normalized spacial score (nSPS) is 30.5. The molecule has 16 heavy (non-hydrogen) atoms. The van der Waals surface area contributed by atoms with Gasteiger partial charge < -0.3 is 11.1 Å². The summed E-state index contributed by atoms with van der Waals surface area (Å²) in [5.41, 5.74) is 10.1. The molecule has 1 saturated carbocycles. The first-order valence-electron chi connectivity index (χ1n) is 5.00. The van der Waals surface area contributed by atoms with E-state index in [1.54, 1.807) is 0 Å². The number of alkyl halides is 3. The first-order valence-corrected chi connectivity index (χ1v) is 5.00. The van der Waals surface area contributed by atoms with Gasteiger partial charge in [0.1, 0.15) is 11.4 Å². The van der Waals surface area contributed by atoms with Crippen molar-refractivity contribution in [3.8, 4) is 0 Å². The van der Waals surface area contributed by atoms with Gasteiger partial charge in [-0.1, -0.05) is 0 Å². The lowest BCUT2D eigenvalue weighted by atomic mass is 10.1. The van der Waals surface area contributed by atoms with Crippen LogP contribution in [0.2, 0.25) is 0 Å². The number of aliphatic imine (C=N–C) groups is 1. The van der Waals surface area contributed by atoms with Crippen molar-refractivity contribution in [2.75, 3.05) is 0 Å². The molecule has 5 N–H and O–H groups in total. The number of nitrogens with zero attached hydrogens (tertiary/aromatic N) is 1. The maximum Gasteiger partial charge on any atom is 0.421 e. The first kappa shape index (κ1) is 11.3. The van der Waals surface area contributed by atoms with Gasteiger partial charge in [0.2, 0.25) is 0 Å². The Morgan fingerprint density at radius 2 is 2.12 bits per heavy atom. The highest BCUT2D eigenvalue weighted by molar-refractivity contribution is 5.98. The predicted molar refractivity (Wildman–Crippen MR) is 53.2 cm³/mol. The van der Waals surface area contributed by atoms with Crippen molar-refractivity contribution >= 4 is 5.84 Å². The van der Waals surface area contributed by atoms with E-state index in [9.17, 15) is 13.2 Å². The lowest BCUT2D eigenvalue weighted by Gasteiger charge is -2.30. The summed E-state index contributed by atoms with van der Waals surface area (Å²) < 4.78 is 37.2. The SMILES string of the molecule is NC1=NC(N)(CC2CC2)NC=C1C(F)(F)F. The third-order valence-corrected chi connectivity index (χ3v) is 2.66. The molecule has 0 spiro atoms. The van der Waals surface area contributed by atoms with Crippen LogP contribution < -0.4 is 16.8 Å². The summed E-state index contributed by atoms with van der Waals surface area (Å²) >= 11 is 0. The van der Waals surface area contributed by atoms with Crippen LogP contribution in [0.15, 0.2) is 16.8 Å². The average molecular weight is 234 g/mol. The monoisotopic (exact) mass is 234 g/mol. The zero-order valence-electron chi connectivity index (χ0n) is 8.51. The van der Waals surface area contributed by atoms with Gasteiger partial charge in [0.15, 0.2) is 5.79 Å². The molecule has 0 saturated heterocycles. The van der Waals surface area contributed by atoms with Gasteiger partial charge in [-0.3, -0.25) is 5.73 Å². The Kier molecular flexibility index (Phi) is 2.37. The minimum atomic E-state index is -4.50. The van der Waals surface area contributed by atoms with Gasteiger partial charge in [-0.05, 0) is 18.8 Å². The van der Waals surface area contributed by atoms with E-state index in [0.717, 1.165) is 19.0 Å². The topological polar surface area (TPSA) is 76.4 Å². The number of halogens is 3. The minimum Gasteiger partial charge on any atom is -0.383 e. The van der Waals surface area contributed by atoms with Crippen molar-refractivity contribution in [2.24, 2.45) is 22.4 Å². The summed E-state index contributed by atoms with van der Waals surface area (Å²) in [6, 6.07) is 0. The lowest BCUT2D eigenvalue weighted by Crippen LogP contribution is -2.54. The van der Waals surface area contributed by atoms with Gasteiger partial charge in [-0.15, -0.1) is 0 Å². The molecule has 90 valence electrons. The second kappa shape index (κ2) is 3.38. The van der Waals surface area contributed by atoms with E-state index in [0.29, 0.717) is 12.3 Å². The molecule has 0 amide bonds. The van der Waals surface area contributed by atoms with Gasteiger partial charge in [-0.2, -0.15) is 13.2 Å². The molecule has 0 aromatic rings. The van der Waals surface area contributed by atoms with Gasteiger partial charge >= 0.3 is 6.18 Å². The van der Waals surface area contributed by atoms with Crippen LogP contribution in [0.1, 0.15) is 19.3 Å². The van der Waals surface area contributed by atoms with Crippen LogP contribution in [0, 0.1) is 5.92 Å². The molecule has 1 fully saturated rings. The second-order valence-corrected chi connectivity index (χ2v) is 4.27. The fourth-order valence-corrected chi connectivity index (χ4v) is 1.67. The van der Waals surface area contributed by atoms with Crippen molar-refractivity contribution in [1.82, 2.24) is 5.32 Å². The van der Waals surface area contributed by atoms with Crippen molar-refractivity contribution in [1.29, 1.82) is 0 Å². The molecule has 2 aliphatic rings. The maximum absolute atomic E-state index is 12.4. The third kappa shape index (κ3) is 2.29. The summed E-state index contributed by atoms with van der Waals surface area (Å²) in [6.07, 6.45) is -1.08. The molecule has 0 bridgehead atoms. The van der Waals surface area contributed by atoms with Crippen LogP contribution in [0.25, 0.3) is 0 Å². The quantitative estimate of drug-likeness (QED) is 0.661. The predicted octanol–water partition coefficient (Wildman–Crippen LogP) is 0.806. The Morgan fingerprint density at radius 1 is 1.50 bits per heavy atom. The summed E-state index contributed by atoms with van der Waals surface area (Å²) in [6.45, 7) is 0. The van der Waals surface area contributed by atoms with E-state index in [2.05, 4.69) is 10.3 Å². The van der Waals surface area contributed by atoms with Crippen LogP contribution in [-0.2, 0) is 0 Å². The number of hydrogen-bond acceptors (Lipinski definition) is 4. The molecule has 1 unspecified atom stereocenters. The molecule has 2 rings (SSSR count). The van der Waals surface area contributed by atoms with Crippen molar-refractivity contribution in [2.45, 2.75) is 31.2 Å². The Labute approximate surface area is 90.6 Å². The molecule has 7 heteroatoms. The van der Waals surface area contributed by atoms with E-state index in [1.807, 2.05) is 0 Å². The zero-order valence-corrected chi connectivity index (χ0v) is 8.51.